The fraction of sp³-hybridized carbons (Fsp3) is 0.235. The Balaban J connectivity index is 0.00000312. The van der Waals surface area contributed by atoms with Crippen LogP contribution in [0.2, 0.25) is 0 Å². The van der Waals surface area contributed by atoms with Crippen molar-refractivity contribution in [1.29, 1.82) is 0 Å². The third-order valence-corrected chi connectivity index (χ3v) is 5.66. The zero-order chi connectivity index (χ0) is 17.7. The molecule has 8 heteroatoms. The third-order valence-electron chi connectivity index (χ3n) is 3.40. The minimum atomic E-state index is -4.06. The summed E-state index contributed by atoms with van der Waals surface area (Å²) in [6.07, 6.45) is 1.22. The van der Waals surface area contributed by atoms with E-state index in [1.807, 2.05) is 37.3 Å². The van der Waals surface area contributed by atoms with Crippen molar-refractivity contribution in [2.24, 2.45) is 5.14 Å². The zero-order valence-electron chi connectivity index (χ0n) is 14.2. The molecule has 0 aliphatic rings. The molecule has 2 N–H and O–H groups in total. The molecule has 0 heterocycles. The molecule has 25 heavy (non-hydrogen) atoms. The Morgan fingerprint density at radius 3 is 2.36 bits per heavy atom. The van der Waals surface area contributed by atoms with Gasteiger partial charge in [0.2, 0.25) is 10.0 Å². The summed E-state index contributed by atoms with van der Waals surface area (Å²) in [4.78, 5) is 11.7. The van der Waals surface area contributed by atoms with Crippen molar-refractivity contribution in [3.8, 4) is 0 Å². The van der Waals surface area contributed by atoms with Crippen LogP contribution in [0.25, 0.3) is 0 Å². The van der Waals surface area contributed by atoms with Crippen molar-refractivity contribution in [2.75, 3.05) is 5.75 Å². The van der Waals surface area contributed by atoms with Gasteiger partial charge in [0.05, 0.1) is 10.9 Å². The number of nitrogens with two attached hydrogens (primary N) is 1. The third kappa shape index (κ3) is 6.13. The van der Waals surface area contributed by atoms with Gasteiger partial charge in [-0.05, 0) is 47.4 Å². The number of carbonyl (C=O) groups is 1. The number of thioether (sulfide) groups is 1. The van der Waals surface area contributed by atoms with Crippen LogP contribution in [-0.4, -0.2) is 20.1 Å². The predicted octanol–water partition coefficient (Wildman–Crippen LogP) is -1.21. The van der Waals surface area contributed by atoms with E-state index in [-0.39, 0.29) is 40.0 Å². The maximum absolute atomic E-state index is 12.0. The molecule has 0 aliphatic heterocycles. The number of primary sulfonamides is 1. The smallest absolute Gasteiger partial charge is 0.545 e. The number of carboxylic acids is 1. The molecule has 0 saturated heterocycles. The first-order valence-electron chi connectivity index (χ1n) is 7.40. The van der Waals surface area contributed by atoms with Gasteiger partial charge in [0.1, 0.15) is 0 Å². The van der Waals surface area contributed by atoms with Gasteiger partial charge in [-0.25, -0.2) is 13.6 Å². The van der Waals surface area contributed by atoms with Crippen molar-refractivity contribution in [2.45, 2.75) is 29.6 Å². The summed E-state index contributed by atoms with van der Waals surface area (Å²) in [7, 11) is -4.06. The molecule has 2 aromatic carbocycles. The van der Waals surface area contributed by atoms with Gasteiger partial charge >= 0.3 is 29.6 Å². The molecule has 0 aromatic heterocycles. The molecule has 0 atom stereocenters. The molecule has 0 saturated carbocycles. The second-order valence-corrected chi connectivity index (χ2v) is 7.96. The number of hydrogen-bond acceptors (Lipinski definition) is 5. The van der Waals surface area contributed by atoms with Gasteiger partial charge in [0.25, 0.3) is 0 Å². The van der Waals surface area contributed by atoms with Crippen molar-refractivity contribution in [1.82, 2.24) is 0 Å². The van der Waals surface area contributed by atoms with Gasteiger partial charge in [0.15, 0.2) is 0 Å². The maximum Gasteiger partial charge on any atom is 1.00 e. The van der Waals surface area contributed by atoms with Gasteiger partial charge in [-0.2, -0.15) is 0 Å². The van der Waals surface area contributed by atoms with Crippen LogP contribution in [0.5, 0.6) is 0 Å². The molecule has 0 radical (unpaired) electrons. The zero-order valence-corrected chi connectivity index (χ0v) is 17.8. The van der Waals surface area contributed by atoms with Crippen molar-refractivity contribution < 1.29 is 47.9 Å². The van der Waals surface area contributed by atoms with Gasteiger partial charge in [-0.1, -0.05) is 37.3 Å². The minimum absolute atomic E-state index is 0. The summed E-state index contributed by atoms with van der Waals surface area (Å²) in [6, 6.07) is 11.9. The van der Waals surface area contributed by atoms with Crippen LogP contribution in [0.3, 0.4) is 0 Å². The molecule has 0 amide bonds. The molecular weight excluding hydrogens is 369 g/mol. The molecule has 0 aliphatic carbocycles. The number of hydrogen-bond donors (Lipinski definition) is 1. The Morgan fingerprint density at radius 1 is 1.20 bits per heavy atom. The first-order valence-corrected chi connectivity index (χ1v) is 9.94. The van der Waals surface area contributed by atoms with Crippen LogP contribution < -0.4 is 39.8 Å². The van der Waals surface area contributed by atoms with E-state index in [0.717, 1.165) is 23.8 Å². The normalized spacial score (nSPS) is 11.0. The molecule has 128 valence electrons. The second-order valence-electron chi connectivity index (χ2n) is 5.29. The second kappa shape index (κ2) is 9.75. The van der Waals surface area contributed by atoms with Crippen LogP contribution in [0.15, 0.2) is 52.3 Å². The number of carboxylic acid groups (broad SMARTS) is 1. The van der Waals surface area contributed by atoms with Gasteiger partial charge in [0, 0.05) is 4.90 Å². The van der Waals surface area contributed by atoms with Crippen LogP contribution in [-0.2, 0) is 16.4 Å². The Bertz CT molecular complexity index is 839. The van der Waals surface area contributed by atoms with Crippen molar-refractivity contribution in [3.63, 3.8) is 0 Å². The minimum Gasteiger partial charge on any atom is -0.545 e. The Labute approximate surface area is 174 Å². The van der Waals surface area contributed by atoms with E-state index in [0.29, 0.717) is 16.9 Å². The summed E-state index contributed by atoms with van der Waals surface area (Å²) >= 11 is 1.42. The van der Waals surface area contributed by atoms with E-state index in [4.69, 9.17) is 5.14 Å². The van der Waals surface area contributed by atoms with Gasteiger partial charge in [-0.3, -0.25) is 0 Å². The Kier molecular flexibility index (Phi) is 8.67. The average molecular weight is 387 g/mol. The van der Waals surface area contributed by atoms with Crippen LogP contribution >= 0.6 is 11.8 Å². The summed E-state index contributed by atoms with van der Waals surface area (Å²) in [6.45, 7) is 1.99. The SMILES string of the molecule is CCCSc1cc(C(=O)[O-])cc(S(N)(=O)=O)c1Cc1ccccc1.[Na+]. The number of carbonyl (C=O) groups excluding carboxylic acids is 1. The molecule has 5 nitrogen and oxygen atoms in total. The van der Waals surface area contributed by atoms with E-state index < -0.39 is 16.0 Å². The van der Waals surface area contributed by atoms with Crippen LogP contribution in [0, 0.1) is 0 Å². The number of rotatable bonds is 7. The maximum atomic E-state index is 12.0. The fourth-order valence-electron chi connectivity index (χ4n) is 2.31. The molecule has 0 bridgehead atoms. The Morgan fingerprint density at radius 2 is 1.84 bits per heavy atom. The molecule has 0 fully saturated rings. The van der Waals surface area contributed by atoms with Crippen LogP contribution in [0.4, 0.5) is 0 Å². The number of sulfonamides is 1. The molecule has 2 rings (SSSR count). The molecular formula is C17H18NNaO4S2. The average Bonchev–Trinajstić information content (AvgIpc) is 2.53. The van der Waals surface area contributed by atoms with Gasteiger partial charge in [-0.15, -0.1) is 11.8 Å². The van der Waals surface area contributed by atoms with E-state index >= 15 is 0 Å². The predicted molar refractivity (Wildman–Crippen MR) is 92.4 cm³/mol. The van der Waals surface area contributed by atoms with Gasteiger partial charge < -0.3 is 9.90 Å². The van der Waals surface area contributed by atoms with E-state index in [1.54, 1.807) is 0 Å². The van der Waals surface area contributed by atoms with E-state index in [1.165, 1.54) is 17.8 Å². The fourth-order valence-corrected chi connectivity index (χ4v) is 4.18. The molecule has 0 unspecified atom stereocenters. The Hall–Kier alpha value is -0.830. The topological polar surface area (TPSA) is 100 Å². The first kappa shape index (κ1) is 22.2. The summed E-state index contributed by atoms with van der Waals surface area (Å²) in [5.41, 5.74) is 1.25. The standard InChI is InChI=1S/C17H19NO4S2.Na/c1-2-8-23-15-10-13(17(19)20)11-16(24(18,21)22)14(15)9-12-6-4-3-5-7-12;/h3-7,10-11H,2,8-9H2,1H3,(H,19,20)(H2,18,21,22);/q;+1/p-1. The van der Waals surface area contributed by atoms with Crippen LogP contribution in [0.1, 0.15) is 34.8 Å². The summed E-state index contributed by atoms with van der Waals surface area (Å²) in [5.74, 6) is -0.688. The van der Waals surface area contributed by atoms with E-state index in [2.05, 4.69) is 0 Å². The monoisotopic (exact) mass is 387 g/mol. The summed E-state index contributed by atoms with van der Waals surface area (Å²) < 4.78 is 24.0. The molecule has 2 aromatic rings. The van der Waals surface area contributed by atoms with E-state index in [9.17, 15) is 18.3 Å². The quantitative estimate of drug-likeness (QED) is 0.475. The molecule has 0 spiro atoms. The number of aromatic carboxylic acids is 1. The van der Waals surface area contributed by atoms with Crippen molar-refractivity contribution in [3.05, 3.63) is 59.2 Å². The van der Waals surface area contributed by atoms with Crippen molar-refractivity contribution >= 4 is 27.8 Å². The largest absolute Gasteiger partial charge is 1.00 e. The first-order chi connectivity index (χ1) is 11.3. The number of benzene rings is 2. The summed E-state index contributed by atoms with van der Waals surface area (Å²) in [5, 5.41) is 16.5.